The Bertz CT molecular complexity index is 285. The molecule has 0 atom stereocenters. The standard InChI is InChI=1S/C8H12N2O2S/c1-2-7-10-4-6(13-7)3-9-5-8(11)12/h4,9H,2-3,5H2,1H3,(H,11,12). The van der Waals surface area contributed by atoms with Crippen molar-refractivity contribution in [1.82, 2.24) is 10.3 Å². The van der Waals surface area contributed by atoms with Crippen molar-refractivity contribution >= 4 is 17.3 Å². The van der Waals surface area contributed by atoms with Gasteiger partial charge in [-0.1, -0.05) is 6.92 Å². The first kappa shape index (κ1) is 10.1. The number of carbonyl (C=O) groups is 1. The molecule has 1 rings (SSSR count). The predicted octanol–water partition coefficient (Wildman–Crippen LogP) is 0.880. The molecule has 2 N–H and O–H groups in total. The van der Waals surface area contributed by atoms with Crippen molar-refractivity contribution in [2.24, 2.45) is 0 Å². The van der Waals surface area contributed by atoms with Crippen LogP contribution in [0, 0.1) is 0 Å². The minimum atomic E-state index is -0.833. The van der Waals surface area contributed by atoms with Crippen LogP contribution in [-0.4, -0.2) is 22.6 Å². The van der Waals surface area contributed by atoms with Gasteiger partial charge in [-0.25, -0.2) is 4.98 Å². The number of aromatic nitrogens is 1. The zero-order valence-corrected chi connectivity index (χ0v) is 8.23. The number of hydrogen-bond acceptors (Lipinski definition) is 4. The second-order valence-corrected chi connectivity index (χ2v) is 3.77. The summed E-state index contributed by atoms with van der Waals surface area (Å²) in [6.45, 7) is 2.64. The van der Waals surface area contributed by atoms with Crippen LogP contribution in [0.25, 0.3) is 0 Å². The Labute approximate surface area is 80.6 Å². The molecular formula is C8H12N2O2S. The van der Waals surface area contributed by atoms with Crippen LogP contribution < -0.4 is 5.32 Å². The predicted molar refractivity (Wildman–Crippen MR) is 50.8 cm³/mol. The van der Waals surface area contributed by atoms with Gasteiger partial charge in [0.1, 0.15) is 0 Å². The highest BCUT2D eigenvalue weighted by Crippen LogP contribution is 2.12. The number of aryl methyl sites for hydroxylation is 1. The van der Waals surface area contributed by atoms with Crippen LogP contribution in [0.3, 0.4) is 0 Å². The molecule has 0 spiro atoms. The van der Waals surface area contributed by atoms with Gasteiger partial charge in [0, 0.05) is 17.6 Å². The Morgan fingerprint density at radius 1 is 1.77 bits per heavy atom. The summed E-state index contributed by atoms with van der Waals surface area (Å²) in [7, 11) is 0. The fraction of sp³-hybridized carbons (Fsp3) is 0.500. The van der Waals surface area contributed by atoms with E-state index in [1.807, 2.05) is 6.92 Å². The molecule has 0 aliphatic carbocycles. The summed E-state index contributed by atoms with van der Waals surface area (Å²) < 4.78 is 0. The Kier molecular flexibility index (Phi) is 3.85. The van der Waals surface area contributed by atoms with Crippen LogP contribution >= 0.6 is 11.3 Å². The van der Waals surface area contributed by atoms with Gasteiger partial charge < -0.3 is 10.4 Å². The molecule has 0 radical (unpaired) electrons. The number of aliphatic carboxylic acids is 1. The lowest BCUT2D eigenvalue weighted by atomic mass is 10.5. The van der Waals surface area contributed by atoms with Gasteiger partial charge in [-0.3, -0.25) is 4.79 Å². The zero-order chi connectivity index (χ0) is 9.68. The minimum Gasteiger partial charge on any atom is -0.480 e. The van der Waals surface area contributed by atoms with Gasteiger partial charge in [-0.2, -0.15) is 0 Å². The topological polar surface area (TPSA) is 62.2 Å². The Hall–Kier alpha value is -0.940. The van der Waals surface area contributed by atoms with Crippen molar-refractivity contribution in [2.45, 2.75) is 19.9 Å². The quantitative estimate of drug-likeness (QED) is 0.740. The van der Waals surface area contributed by atoms with Gasteiger partial charge in [0.2, 0.25) is 0 Å². The van der Waals surface area contributed by atoms with E-state index in [2.05, 4.69) is 10.3 Å². The molecule has 0 aromatic carbocycles. The highest BCUT2D eigenvalue weighted by Gasteiger charge is 2.00. The zero-order valence-electron chi connectivity index (χ0n) is 7.41. The first-order chi connectivity index (χ1) is 6.22. The average Bonchev–Trinajstić information content (AvgIpc) is 2.52. The van der Waals surface area contributed by atoms with Crippen molar-refractivity contribution in [2.75, 3.05) is 6.54 Å². The molecule has 72 valence electrons. The molecule has 0 aliphatic rings. The molecule has 13 heavy (non-hydrogen) atoms. The molecule has 0 bridgehead atoms. The second-order valence-electron chi connectivity index (χ2n) is 2.57. The van der Waals surface area contributed by atoms with Crippen LogP contribution in [0.5, 0.6) is 0 Å². The second kappa shape index (κ2) is 4.94. The summed E-state index contributed by atoms with van der Waals surface area (Å²) >= 11 is 1.62. The number of thiazole rings is 1. The van der Waals surface area contributed by atoms with Crippen molar-refractivity contribution in [3.8, 4) is 0 Å². The molecule has 5 heteroatoms. The van der Waals surface area contributed by atoms with Crippen molar-refractivity contribution in [1.29, 1.82) is 0 Å². The maximum absolute atomic E-state index is 10.2. The normalized spacial score (nSPS) is 10.2. The summed E-state index contributed by atoms with van der Waals surface area (Å²) in [5.41, 5.74) is 0. The number of nitrogens with zero attached hydrogens (tertiary/aromatic N) is 1. The van der Waals surface area contributed by atoms with E-state index < -0.39 is 5.97 Å². The smallest absolute Gasteiger partial charge is 0.317 e. The molecule has 0 aliphatic heterocycles. The number of nitrogens with one attached hydrogen (secondary N) is 1. The summed E-state index contributed by atoms with van der Waals surface area (Å²) in [5, 5.41) is 12.3. The largest absolute Gasteiger partial charge is 0.480 e. The molecule has 1 aromatic heterocycles. The maximum Gasteiger partial charge on any atom is 0.317 e. The van der Waals surface area contributed by atoms with E-state index in [9.17, 15) is 4.79 Å². The summed E-state index contributed by atoms with van der Waals surface area (Å²) in [4.78, 5) is 15.4. The molecule has 0 amide bonds. The highest BCUT2D eigenvalue weighted by atomic mass is 32.1. The lowest BCUT2D eigenvalue weighted by molar-refractivity contribution is -0.135. The number of carboxylic acids is 1. The highest BCUT2D eigenvalue weighted by molar-refractivity contribution is 7.11. The van der Waals surface area contributed by atoms with E-state index >= 15 is 0 Å². The van der Waals surface area contributed by atoms with Gasteiger partial charge in [0.15, 0.2) is 0 Å². The fourth-order valence-corrected chi connectivity index (χ4v) is 1.72. The molecule has 0 fully saturated rings. The first-order valence-corrected chi connectivity index (χ1v) is 4.90. The molecule has 1 heterocycles. The van der Waals surface area contributed by atoms with Gasteiger partial charge in [-0.05, 0) is 6.42 Å². The molecule has 0 saturated heterocycles. The van der Waals surface area contributed by atoms with Crippen LogP contribution in [-0.2, 0) is 17.8 Å². The van der Waals surface area contributed by atoms with Crippen LogP contribution in [0.1, 0.15) is 16.8 Å². The fourth-order valence-electron chi connectivity index (χ4n) is 0.886. The van der Waals surface area contributed by atoms with Gasteiger partial charge in [0.25, 0.3) is 0 Å². The molecule has 0 saturated carbocycles. The lowest BCUT2D eigenvalue weighted by Crippen LogP contribution is -2.21. The molecule has 4 nitrogen and oxygen atoms in total. The monoisotopic (exact) mass is 200 g/mol. The minimum absolute atomic E-state index is 0.000637. The van der Waals surface area contributed by atoms with Gasteiger partial charge >= 0.3 is 5.97 Å². The SMILES string of the molecule is CCc1ncc(CNCC(=O)O)s1. The van der Waals surface area contributed by atoms with E-state index in [0.717, 1.165) is 16.3 Å². The number of rotatable bonds is 5. The number of carboxylic acid groups (broad SMARTS) is 1. The van der Waals surface area contributed by atoms with Crippen molar-refractivity contribution in [3.63, 3.8) is 0 Å². The van der Waals surface area contributed by atoms with E-state index in [4.69, 9.17) is 5.11 Å². The molecular weight excluding hydrogens is 188 g/mol. The average molecular weight is 200 g/mol. The maximum atomic E-state index is 10.2. The summed E-state index contributed by atoms with van der Waals surface area (Å²) in [6, 6.07) is 0. The van der Waals surface area contributed by atoms with Gasteiger partial charge in [-0.15, -0.1) is 11.3 Å². The van der Waals surface area contributed by atoms with Crippen LogP contribution in [0.15, 0.2) is 6.20 Å². The molecule has 0 unspecified atom stereocenters. The third-order valence-corrected chi connectivity index (χ3v) is 2.62. The van der Waals surface area contributed by atoms with Gasteiger partial charge in [0.05, 0.1) is 11.6 Å². The van der Waals surface area contributed by atoms with Crippen molar-refractivity contribution in [3.05, 3.63) is 16.1 Å². The van der Waals surface area contributed by atoms with Crippen LogP contribution in [0.4, 0.5) is 0 Å². The summed E-state index contributed by atoms with van der Waals surface area (Å²) in [6.07, 6.45) is 2.72. The van der Waals surface area contributed by atoms with Crippen LogP contribution in [0.2, 0.25) is 0 Å². The number of hydrogen-bond donors (Lipinski definition) is 2. The van der Waals surface area contributed by atoms with E-state index in [0.29, 0.717) is 6.54 Å². The third kappa shape index (κ3) is 3.52. The van der Waals surface area contributed by atoms with E-state index in [1.54, 1.807) is 17.5 Å². The van der Waals surface area contributed by atoms with E-state index in [-0.39, 0.29) is 6.54 Å². The summed E-state index contributed by atoms with van der Waals surface area (Å²) in [5.74, 6) is -0.833. The Morgan fingerprint density at radius 2 is 2.54 bits per heavy atom. The first-order valence-electron chi connectivity index (χ1n) is 4.08. The Morgan fingerprint density at radius 3 is 3.08 bits per heavy atom. The lowest BCUT2D eigenvalue weighted by Gasteiger charge is -1.96. The molecule has 1 aromatic rings. The van der Waals surface area contributed by atoms with E-state index in [1.165, 1.54) is 0 Å². The Balaban J connectivity index is 2.32. The third-order valence-electron chi connectivity index (χ3n) is 1.48. The van der Waals surface area contributed by atoms with Crippen molar-refractivity contribution < 1.29 is 9.90 Å².